The monoisotopic (exact) mass is 731 g/mol. The maximum absolute atomic E-state index is 5.40. The summed E-state index contributed by atoms with van der Waals surface area (Å²) >= 11 is 0. The van der Waals surface area contributed by atoms with Gasteiger partial charge in [0.1, 0.15) is 5.65 Å². The summed E-state index contributed by atoms with van der Waals surface area (Å²) in [5.74, 6) is 0.662. The second-order valence-corrected chi connectivity index (χ2v) is 26.8. The van der Waals surface area contributed by atoms with Crippen LogP contribution in [0.15, 0.2) is 140 Å². The Labute approximate surface area is 316 Å². The topological polar surface area (TPSA) is 48.0 Å². The molecular formula is C47H41N5Si2. The van der Waals surface area contributed by atoms with Crippen molar-refractivity contribution in [1.29, 1.82) is 0 Å². The van der Waals surface area contributed by atoms with E-state index in [4.69, 9.17) is 15.0 Å². The summed E-state index contributed by atoms with van der Waals surface area (Å²) in [5, 5.41) is 8.75. The van der Waals surface area contributed by atoms with Crippen LogP contribution in [0.5, 0.6) is 0 Å². The van der Waals surface area contributed by atoms with Gasteiger partial charge in [-0.3, -0.25) is 8.97 Å². The third kappa shape index (κ3) is 5.06. The van der Waals surface area contributed by atoms with Crippen molar-refractivity contribution in [2.24, 2.45) is 0 Å². The van der Waals surface area contributed by atoms with Gasteiger partial charge in [0.25, 0.3) is 0 Å². The molecule has 0 aliphatic rings. The van der Waals surface area contributed by atoms with Crippen molar-refractivity contribution < 1.29 is 0 Å². The number of fused-ring (bicyclic) bond motifs is 12. The van der Waals surface area contributed by atoms with Crippen LogP contribution < -0.4 is 10.4 Å². The molecule has 0 spiro atoms. The molecule has 0 unspecified atom stereocenters. The number of aromatic nitrogens is 5. The average Bonchev–Trinajstić information content (AvgIpc) is 3.74. The fourth-order valence-electron chi connectivity index (χ4n) is 8.18. The Morgan fingerprint density at radius 2 is 0.926 bits per heavy atom. The van der Waals surface area contributed by atoms with E-state index < -0.39 is 16.1 Å². The van der Waals surface area contributed by atoms with E-state index in [9.17, 15) is 0 Å². The van der Waals surface area contributed by atoms with Gasteiger partial charge >= 0.3 is 0 Å². The number of benzene rings is 6. The summed E-state index contributed by atoms with van der Waals surface area (Å²) in [4.78, 5) is 15.9. The van der Waals surface area contributed by atoms with Crippen molar-refractivity contribution >= 4 is 86.7 Å². The molecule has 5 nitrogen and oxygen atoms in total. The van der Waals surface area contributed by atoms with Gasteiger partial charge in [-0.15, -0.1) is 0 Å². The molecule has 10 aromatic rings. The molecule has 6 aromatic carbocycles. The molecule has 262 valence electrons. The normalized spacial score (nSPS) is 12.6. The molecule has 7 heteroatoms. The minimum Gasteiger partial charge on any atom is -0.292 e. The third-order valence-electron chi connectivity index (χ3n) is 11.1. The van der Waals surface area contributed by atoms with E-state index in [1.54, 1.807) is 0 Å². The standard InChI is InChI=1S/C47H41N5Si2/c1-53(2,3)32-23-19-30(20-24-32)38-29-39(31-21-25-33(26-22-31)54(4,5)6)50-47(49-38)52-40-17-11-9-15-36(40)45-43(52)28-27-42-44(45)34-13-7-8-14-35(34)46-48-37-16-10-12-18-41(37)51(42)46/h7-29H,1-6H3. The van der Waals surface area contributed by atoms with Crippen molar-refractivity contribution in [2.75, 3.05) is 0 Å². The summed E-state index contributed by atoms with van der Waals surface area (Å²) in [6, 6.07) is 50.7. The van der Waals surface area contributed by atoms with Gasteiger partial charge in [-0.1, -0.05) is 153 Å². The van der Waals surface area contributed by atoms with E-state index in [0.29, 0.717) is 5.95 Å². The number of rotatable bonds is 5. The number of hydrogen-bond donors (Lipinski definition) is 0. The number of nitrogens with zero attached hydrogens (tertiary/aromatic N) is 5. The van der Waals surface area contributed by atoms with Crippen LogP contribution >= 0.6 is 0 Å². The first kappa shape index (κ1) is 32.7. The van der Waals surface area contributed by atoms with E-state index in [0.717, 1.165) is 61.1 Å². The van der Waals surface area contributed by atoms with Gasteiger partial charge in [0.2, 0.25) is 5.95 Å². The van der Waals surface area contributed by atoms with Crippen LogP contribution in [0.3, 0.4) is 0 Å². The van der Waals surface area contributed by atoms with Gasteiger partial charge in [0.05, 0.1) is 55.1 Å². The van der Waals surface area contributed by atoms with Crippen LogP contribution in [0.1, 0.15) is 0 Å². The molecule has 4 heterocycles. The largest absolute Gasteiger partial charge is 0.292 e. The molecule has 10 rings (SSSR count). The summed E-state index contributed by atoms with van der Waals surface area (Å²) in [7, 11) is -2.93. The molecule has 0 radical (unpaired) electrons. The van der Waals surface area contributed by atoms with Crippen LogP contribution in [0.4, 0.5) is 0 Å². The summed E-state index contributed by atoms with van der Waals surface area (Å²) in [6.07, 6.45) is 0. The highest BCUT2D eigenvalue weighted by atomic mass is 28.3. The van der Waals surface area contributed by atoms with Gasteiger partial charge < -0.3 is 0 Å². The summed E-state index contributed by atoms with van der Waals surface area (Å²) < 4.78 is 4.61. The van der Waals surface area contributed by atoms with Gasteiger partial charge in [-0.25, -0.2) is 15.0 Å². The van der Waals surface area contributed by atoms with Gasteiger partial charge in [-0.05, 0) is 41.8 Å². The van der Waals surface area contributed by atoms with E-state index >= 15 is 0 Å². The molecule has 0 fully saturated rings. The molecule has 0 N–H and O–H groups in total. The summed E-state index contributed by atoms with van der Waals surface area (Å²) in [6.45, 7) is 14.3. The number of para-hydroxylation sites is 3. The first-order valence-corrected chi connectivity index (χ1v) is 25.8. The second-order valence-electron chi connectivity index (χ2n) is 16.6. The Bertz CT molecular complexity index is 3030. The molecule has 4 aromatic heterocycles. The highest BCUT2D eigenvalue weighted by molar-refractivity contribution is 6.89. The first-order chi connectivity index (χ1) is 26.0. The highest BCUT2D eigenvalue weighted by Crippen LogP contribution is 2.41. The molecule has 0 aliphatic heterocycles. The maximum atomic E-state index is 5.40. The Balaban J connectivity index is 1.30. The molecule has 0 aliphatic carbocycles. The minimum absolute atomic E-state index is 0.662. The molecule has 0 saturated carbocycles. The van der Waals surface area contributed by atoms with Crippen LogP contribution in [0, 0.1) is 0 Å². The molecule has 0 amide bonds. The van der Waals surface area contributed by atoms with E-state index in [1.165, 1.54) is 31.9 Å². The average molecular weight is 732 g/mol. The van der Waals surface area contributed by atoms with Gasteiger partial charge in [0, 0.05) is 32.7 Å². The van der Waals surface area contributed by atoms with Crippen LogP contribution in [-0.4, -0.2) is 40.1 Å². The van der Waals surface area contributed by atoms with Crippen molar-refractivity contribution in [1.82, 2.24) is 23.9 Å². The fourth-order valence-corrected chi connectivity index (χ4v) is 10.5. The number of imidazole rings is 1. The molecule has 0 saturated heterocycles. The van der Waals surface area contributed by atoms with E-state index in [1.807, 2.05) is 0 Å². The predicted molar refractivity (Wildman–Crippen MR) is 234 cm³/mol. The Morgan fingerprint density at radius 3 is 1.54 bits per heavy atom. The van der Waals surface area contributed by atoms with Crippen LogP contribution in [0.2, 0.25) is 39.3 Å². The summed E-state index contributed by atoms with van der Waals surface area (Å²) in [5.41, 5.74) is 10.4. The van der Waals surface area contributed by atoms with Crippen molar-refractivity contribution in [3.63, 3.8) is 0 Å². The van der Waals surface area contributed by atoms with Gasteiger partial charge in [0.15, 0.2) is 0 Å². The molecule has 54 heavy (non-hydrogen) atoms. The zero-order chi connectivity index (χ0) is 36.9. The fraction of sp³-hybridized carbons (Fsp3) is 0.128. The molecule has 0 bridgehead atoms. The van der Waals surface area contributed by atoms with Crippen molar-refractivity contribution in [3.05, 3.63) is 140 Å². The highest BCUT2D eigenvalue weighted by Gasteiger charge is 2.23. The van der Waals surface area contributed by atoms with Crippen molar-refractivity contribution in [3.8, 4) is 28.5 Å². The maximum Gasteiger partial charge on any atom is 0.235 e. The predicted octanol–water partition coefficient (Wildman–Crippen LogP) is 11.1. The Hall–Kier alpha value is -5.90. The zero-order valence-electron chi connectivity index (χ0n) is 31.5. The smallest absolute Gasteiger partial charge is 0.235 e. The van der Waals surface area contributed by atoms with Gasteiger partial charge in [-0.2, -0.15) is 0 Å². The lowest BCUT2D eigenvalue weighted by atomic mass is 10.0. The minimum atomic E-state index is -1.47. The Kier molecular flexibility index (Phi) is 7.15. The lowest BCUT2D eigenvalue weighted by Crippen LogP contribution is -2.37. The van der Waals surface area contributed by atoms with Crippen LogP contribution in [-0.2, 0) is 0 Å². The second kappa shape index (κ2) is 11.8. The number of pyridine rings is 1. The SMILES string of the molecule is C[Si](C)(C)c1ccc(-c2cc(-c3ccc([Si](C)(C)C)cc3)nc(-n3c4ccccc4c4c5c6ccccc6c6nc7ccccc7n6c5ccc43)n2)cc1. The molecule has 0 atom stereocenters. The lowest BCUT2D eigenvalue weighted by molar-refractivity contribution is 0.996. The quantitative estimate of drug-likeness (QED) is 0.131. The first-order valence-electron chi connectivity index (χ1n) is 18.8. The lowest BCUT2D eigenvalue weighted by Gasteiger charge is -2.18. The third-order valence-corrected chi connectivity index (χ3v) is 15.2. The number of hydrogen-bond acceptors (Lipinski definition) is 3. The zero-order valence-corrected chi connectivity index (χ0v) is 33.5. The Morgan fingerprint density at radius 1 is 0.426 bits per heavy atom. The van der Waals surface area contributed by atoms with Crippen LogP contribution in [0.25, 0.3) is 88.6 Å². The van der Waals surface area contributed by atoms with Crippen molar-refractivity contribution in [2.45, 2.75) is 39.3 Å². The van der Waals surface area contributed by atoms with E-state index in [2.05, 4.69) is 188 Å². The molecular weight excluding hydrogens is 691 g/mol. The van der Waals surface area contributed by atoms with E-state index in [-0.39, 0.29) is 0 Å².